The lowest BCUT2D eigenvalue weighted by Gasteiger charge is -2.33. The summed E-state index contributed by atoms with van der Waals surface area (Å²) in [7, 11) is 0. The van der Waals surface area contributed by atoms with Gasteiger partial charge in [-0.1, -0.05) is 82.6 Å². The Morgan fingerprint density at radius 3 is 2.25 bits per heavy atom. The van der Waals surface area contributed by atoms with Gasteiger partial charge in [-0.2, -0.15) is 0 Å². The minimum Gasteiger partial charge on any atom is -0.507 e. The van der Waals surface area contributed by atoms with Crippen molar-refractivity contribution in [3.8, 4) is 16.9 Å². The first-order chi connectivity index (χ1) is 9.48. The van der Waals surface area contributed by atoms with Crippen LogP contribution in [0.4, 0.5) is 0 Å². The molecule has 0 aliphatic rings. The molecule has 2 aromatic rings. The van der Waals surface area contributed by atoms with E-state index in [1.807, 2.05) is 48.5 Å². The van der Waals surface area contributed by atoms with Gasteiger partial charge in [0, 0.05) is 11.1 Å². The van der Waals surface area contributed by atoms with E-state index in [0.717, 1.165) is 23.1 Å². The van der Waals surface area contributed by atoms with Gasteiger partial charge >= 0.3 is 0 Å². The third-order valence-corrected chi connectivity index (χ3v) is 4.66. The molecule has 1 unspecified atom stereocenters. The smallest absolute Gasteiger partial charge is 0.127 e. The predicted octanol–water partition coefficient (Wildman–Crippen LogP) is 5.38. The molecule has 0 aliphatic carbocycles. The molecule has 2 aromatic carbocycles. The Hall–Kier alpha value is -1.76. The average Bonchev–Trinajstić information content (AvgIpc) is 2.47. The maximum absolute atomic E-state index is 10.7. The lowest BCUT2D eigenvalue weighted by Crippen LogP contribution is -2.26. The summed E-state index contributed by atoms with van der Waals surface area (Å²) in [6.07, 6.45) is 1.10. The van der Waals surface area contributed by atoms with Gasteiger partial charge in [0.25, 0.3) is 0 Å². The van der Waals surface area contributed by atoms with Crippen LogP contribution in [0.15, 0.2) is 48.5 Å². The van der Waals surface area contributed by atoms with Crippen molar-refractivity contribution in [3.05, 3.63) is 54.1 Å². The molecule has 1 N–H and O–H groups in total. The zero-order valence-corrected chi connectivity index (χ0v) is 12.9. The van der Waals surface area contributed by atoms with Crippen LogP contribution in [-0.2, 0) is 5.41 Å². The summed E-state index contributed by atoms with van der Waals surface area (Å²) in [5.74, 6) is 0.934. The molecule has 0 spiro atoms. The van der Waals surface area contributed by atoms with E-state index in [2.05, 4.69) is 27.7 Å². The number of rotatable bonds is 4. The molecular weight excluding hydrogens is 244 g/mol. The lowest BCUT2D eigenvalue weighted by atomic mass is 9.72. The molecule has 0 saturated heterocycles. The molecule has 1 heteroatoms. The molecule has 0 heterocycles. The first-order valence-electron chi connectivity index (χ1n) is 7.36. The van der Waals surface area contributed by atoms with Gasteiger partial charge in [-0.25, -0.2) is 0 Å². The summed E-state index contributed by atoms with van der Waals surface area (Å²) < 4.78 is 0. The van der Waals surface area contributed by atoms with Crippen molar-refractivity contribution in [2.75, 3.05) is 0 Å². The highest BCUT2D eigenvalue weighted by Gasteiger charge is 2.30. The normalized spacial score (nSPS) is 13.2. The van der Waals surface area contributed by atoms with E-state index in [1.54, 1.807) is 0 Å². The SMILES string of the molecule is CCC(C)C(C)(C)c1cccc(-c2ccccc2)c1O. The fourth-order valence-corrected chi connectivity index (χ4v) is 2.69. The predicted molar refractivity (Wildman–Crippen MR) is 86.0 cm³/mol. The molecule has 20 heavy (non-hydrogen) atoms. The fourth-order valence-electron chi connectivity index (χ4n) is 2.69. The number of phenols is 1. The first-order valence-corrected chi connectivity index (χ1v) is 7.36. The zero-order chi connectivity index (χ0) is 14.8. The Morgan fingerprint density at radius 1 is 1.00 bits per heavy atom. The second kappa shape index (κ2) is 5.70. The van der Waals surface area contributed by atoms with Crippen LogP contribution in [0.25, 0.3) is 11.1 Å². The van der Waals surface area contributed by atoms with Crippen LogP contribution in [0.2, 0.25) is 0 Å². The van der Waals surface area contributed by atoms with E-state index in [-0.39, 0.29) is 5.41 Å². The second-order valence-corrected chi connectivity index (χ2v) is 6.10. The van der Waals surface area contributed by atoms with E-state index >= 15 is 0 Å². The van der Waals surface area contributed by atoms with Crippen molar-refractivity contribution in [2.45, 2.75) is 39.5 Å². The maximum Gasteiger partial charge on any atom is 0.127 e. The van der Waals surface area contributed by atoms with Crippen molar-refractivity contribution < 1.29 is 5.11 Å². The van der Waals surface area contributed by atoms with E-state index in [4.69, 9.17) is 0 Å². The van der Waals surface area contributed by atoms with Crippen molar-refractivity contribution >= 4 is 0 Å². The Kier molecular flexibility index (Phi) is 4.17. The molecule has 0 radical (unpaired) electrons. The van der Waals surface area contributed by atoms with Gasteiger partial charge in [0.15, 0.2) is 0 Å². The Morgan fingerprint density at radius 2 is 1.65 bits per heavy atom. The Bertz CT molecular complexity index is 570. The molecule has 0 aliphatic heterocycles. The van der Waals surface area contributed by atoms with Crippen LogP contribution in [0.3, 0.4) is 0 Å². The topological polar surface area (TPSA) is 20.2 Å². The van der Waals surface area contributed by atoms with Crippen LogP contribution in [0.1, 0.15) is 39.7 Å². The summed E-state index contributed by atoms with van der Waals surface area (Å²) in [6.45, 7) is 8.87. The van der Waals surface area contributed by atoms with Gasteiger partial charge in [-0.15, -0.1) is 0 Å². The zero-order valence-electron chi connectivity index (χ0n) is 12.9. The number of para-hydroxylation sites is 1. The van der Waals surface area contributed by atoms with Crippen LogP contribution >= 0.6 is 0 Å². The Labute approximate surface area is 122 Å². The molecule has 1 atom stereocenters. The highest BCUT2D eigenvalue weighted by atomic mass is 16.3. The summed E-state index contributed by atoms with van der Waals surface area (Å²) in [4.78, 5) is 0. The molecule has 106 valence electrons. The summed E-state index contributed by atoms with van der Waals surface area (Å²) in [5, 5.41) is 10.7. The molecule has 1 nitrogen and oxygen atoms in total. The maximum atomic E-state index is 10.7. The Balaban J connectivity index is 2.53. The minimum atomic E-state index is -0.0381. The van der Waals surface area contributed by atoms with Crippen LogP contribution in [-0.4, -0.2) is 5.11 Å². The molecule has 0 aromatic heterocycles. The number of hydrogen-bond acceptors (Lipinski definition) is 1. The first kappa shape index (κ1) is 14.6. The number of aromatic hydroxyl groups is 1. The van der Waals surface area contributed by atoms with E-state index in [0.29, 0.717) is 11.7 Å². The van der Waals surface area contributed by atoms with Gasteiger partial charge in [-0.05, 0) is 16.9 Å². The third-order valence-electron chi connectivity index (χ3n) is 4.66. The number of hydrogen-bond donors (Lipinski definition) is 1. The standard InChI is InChI=1S/C19H24O/c1-5-14(2)19(3,4)17-13-9-12-16(18(17)20)15-10-7-6-8-11-15/h6-14,20H,5H2,1-4H3. The van der Waals surface area contributed by atoms with Crippen molar-refractivity contribution in [1.82, 2.24) is 0 Å². The van der Waals surface area contributed by atoms with Gasteiger partial charge in [0.1, 0.15) is 5.75 Å². The third kappa shape index (κ3) is 2.58. The van der Waals surface area contributed by atoms with Crippen LogP contribution in [0.5, 0.6) is 5.75 Å². The van der Waals surface area contributed by atoms with E-state index in [9.17, 15) is 5.11 Å². The second-order valence-electron chi connectivity index (χ2n) is 6.10. The van der Waals surface area contributed by atoms with E-state index in [1.165, 1.54) is 0 Å². The van der Waals surface area contributed by atoms with Gasteiger partial charge in [0.05, 0.1) is 0 Å². The quantitative estimate of drug-likeness (QED) is 0.789. The van der Waals surface area contributed by atoms with E-state index < -0.39 is 0 Å². The minimum absolute atomic E-state index is 0.0381. The van der Waals surface area contributed by atoms with Crippen LogP contribution < -0.4 is 0 Å². The molecular formula is C19H24O. The summed E-state index contributed by atoms with van der Waals surface area (Å²) >= 11 is 0. The highest BCUT2D eigenvalue weighted by molar-refractivity contribution is 5.72. The summed E-state index contributed by atoms with van der Waals surface area (Å²) in [5.41, 5.74) is 2.98. The van der Waals surface area contributed by atoms with Gasteiger partial charge in [0.2, 0.25) is 0 Å². The van der Waals surface area contributed by atoms with Crippen LogP contribution in [0, 0.1) is 5.92 Å². The average molecular weight is 268 g/mol. The fraction of sp³-hybridized carbons (Fsp3) is 0.368. The van der Waals surface area contributed by atoms with Crippen molar-refractivity contribution in [1.29, 1.82) is 0 Å². The van der Waals surface area contributed by atoms with Crippen molar-refractivity contribution in [3.63, 3.8) is 0 Å². The van der Waals surface area contributed by atoms with Gasteiger partial charge in [-0.3, -0.25) is 0 Å². The molecule has 0 bridgehead atoms. The number of phenolic OH excluding ortho intramolecular Hbond substituents is 1. The highest BCUT2D eigenvalue weighted by Crippen LogP contribution is 2.42. The molecule has 2 rings (SSSR count). The molecule has 0 fully saturated rings. The van der Waals surface area contributed by atoms with Gasteiger partial charge < -0.3 is 5.11 Å². The molecule has 0 amide bonds. The van der Waals surface area contributed by atoms with Crippen molar-refractivity contribution in [2.24, 2.45) is 5.92 Å². The number of benzene rings is 2. The monoisotopic (exact) mass is 268 g/mol. The lowest BCUT2D eigenvalue weighted by molar-refractivity contribution is 0.321. The largest absolute Gasteiger partial charge is 0.507 e. The summed E-state index contributed by atoms with van der Waals surface area (Å²) in [6, 6.07) is 16.1. The molecule has 0 saturated carbocycles.